The molecule has 0 aliphatic heterocycles. The van der Waals surface area contributed by atoms with E-state index in [2.05, 4.69) is 24.5 Å². The lowest BCUT2D eigenvalue weighted by atomic mass is 9.95. The number of hydrogen-bond acceptors (Lipinski definition) is 4. The molecule has 3 unspecified atom stereocenters. The van der Waals surface area contributed by atoms with Gasteiger partial charge in [0.05, 0.1) is 0 Å². The summed E-state index contributed by atoms with van der Waals surface area (Å²) >= 11 is 0. The minimum atomic E-state index is -0.896. The highest BCUT2D eigenvalue weighted by atomic mass is 16.6. The number of anilines is 1. The monoisotopic (exact) mass is 629 g/mol. The van der Waals surface area contributed by atoms with E-state index in [1.165, 1.54) is 6.42 Å². The standard InChI is InChI=1S/C39H55N3O4/c1-8-11-12-13-14-17-26-42(37(44)34(28(4)9-2)41-38(45)46-39(5,6)7)35(31-22-20-29(10-3)21-23-31)36(43)40-33-25-24-30-18-15-16-19-32(30)27-33/h15-16,18-25,27-28,34-35H,8-14,17,26H2,1-7H3,(H,40,43)(H,41,45). The zero-order valence-corrected chi connectivity index (χ0v) is 29.0. The van der Waals surface area contributed by atoms with Crippen LogP contribution >= 0.6 is 0 Å². The van der Waals surface area contributed by atoms with Crippen molar-refractivity contribution in [1.29, 1.82) is 0 Å². The first-order valence-electron chi connectivity index (χ1n) is 17.2. The Morgan fingerprint density at radius 2 is 1.48 bits per heavy atom. The number of ether oxygens (including phenoxy) is 1. The van der Waals surface area contributed by atoms with E-state index in [1.54, 1.807) is 25.7 Å². The summed E-state index contributed by atoms with van der Waals surface area (Å²) in [6, 6.07) is 20.0. The molecule has 0 spiro atoms. The fourth-order valence-corrected chi connectivity index (χ4v) is 5.61. The van der Waals surface area contributed by atoms with Gasteiger partial charge in [-0.2, -0.15) is 0 Å². The molecular weight excluding hydrogens is 574 g/mol. The molecule has 0 heterocycles. The van der Waals surface area contributed by atoms with E-state index >= 15 is 0 Å². The number of alkyl carbamates (subject to hydrolysis) is 1. The van der Waals surface area contributed by atoms with Crippen molar-refractivity contribution < 1.29 is 19.1 Å². The van der Waals surface area contributed by atoms with Gasteiger partial charge in [0.25, 0.3) is 5.91 Å². The molecule has 0 aliphatic rings. The van der Waals surface area contributed by atoms with Crippen molar-refractivity contribution in [2.24, 2.45) is 5.92 Å². The SMILES string of the molecule is CCCCCCCCN(C(=O)C(NC(=O)OC(C)(C)C)C(C)CC)C(C(=O)Nc1ccc2ccccc2c1)c1ccc(CC)cc1. The quantitative estimate of drug-likeness (QED) is 0.155. The van der Waals surface area contributed by atoms with Gasteiger partial charge >= 0.3 is 6.09 Å². The van der Waals surface area contributed by atoms with Crippen LogP contribution in [0.25, 0.3) is 10.8 Å². The van der Waals surface area contributed by atoms with Gasteiger partial charge in [0.1, 0.15) is 17.7 Å². The molecule has 0 saturated heterocycles. The molecule has 7 heteroatoms. The molecule has 0 radical (unpaired) electrons. The lowest BCUT2D eigenvalue weighted by Crippen LogP contribution is -2.55. The maximum Gasteiger partial charge on any atom is 0.408 e. The molecule has 0 aromatic heterocycles. The van der Waals surface area contributed by atoms with E-state index in [0.29, 0.717) is 18.7 Å². The Balaban J connectivity index is 2.03. The van der Waals surface area contributed by atoms with Gasteiger partial charge in [-0.25, -0.2) is 4.79 Å². The third-order valence-corrected chi connectivity index (χ3v) is 8.47. The normalized spacial score (nSPS) is 13.5. The number of benzene rings is 3. The number of carbonyl (C=O) groups excluding carboxylic acids is 3. The Morgan fingerprint density at radius 3 is 2.11 bits per heavy atom. The molecule has 3 amide bonds. The van der Waals surface area contributed by atoms with Crippen LogP contribution in [-0.2, 0) is 20.7 Å². The average molecular weight is 630 g/mol. The minimum Gasteiger partial charge on any atom is -0.444 e. The Hall–Kier alpha value is -3.87. The number of aryl methyl sites for hydroxylation is 1. The van der Waals surface area contributed by atoms with Gasteiger partial charge in [-0.15, -0.1) is 0 Å². The van der Waals surface area contributed by atoms with Crippen LogP contribution in [0.1, 0.15) is 111 Å². The van der Waals surface area contributed by atoms with Crippen LogP contribution in [0, 0.1) is 5.92 Å². The first kappa shape index (κ1) is 36.6. The number of nitrogens with zero attached hydrogens (tertiary/aromatic N) is 1. The number of unbranched alkanes of at least 4 members (excludes halogenated alkanes) is 5. The molecule has 46 heavy (non-hydrogen) atoms. The van der Waals surface area contributed by atoms with Crippen molar-refractivity contribution in [3.05, 3.63) is 77.9 Å². The van der Waals surface area contributed by atoms with Gasteiger partial charge in [-0.05, 0) is 73.6 Å². The predicted octanol–water partition coefficient (Wildman–Crippen LogP) is 9.21. The third-order valence-electron chi connectivity index (χ3n) is 8.47. The number of nitrogens with one attached hydrogen (secondary N) is 2. The van der Waals surface area contributed by atoms with Crippen LogP contribution in [0.15, 0.2) is 66.7 Å². The number of rotatable bonds is 16. The topological polar surface area (TPSA) is 87.7 Å². The zero-order valence-electron chi connectivity index (χ0n) is 29.0. The number of amides is 3. The number of carbonyl (C=O) groups is 3. The van der Waals surface area contributed by atoms with Crippen LogP contribution in [0.5, 0.6) is 0 Å². The molecule has 3 atom stereocenters. The van der Waals surface area contributed by atoms with Crippen LogP contribution in [0.3, 0.4) is 0 Å². The van der Waals surface area contributed by atoms with Crippen LogP contribution in [-0.4, -0.2) is 41.0 Å². The summed E-state index contributed by atoms with van der Waals surface area (Å²) in [5, 5.41) is 8.09. The summed E-state index contributed by atoms with van der Waals surface area (Å²) in [6.45, 7) is 14.0. The molecule has 0 bridgehead atoms. The van der Waals surface area contributed by atoms with Crippen LogP contribution in [0.2, 0.25) is 0 Å². The second kappa shape index (κ2) is 17.7. The highest BCUT2D eigenvalue weighted by Crippen LogP contribution is 2.28. The van der Waals surface area contributed by atoms with Crippen molar-refractivity contribution in [1.82, 2.24) is 10.2 Å². The summed E-state index contributed by atoms with van der Waals surface area (Å²) in [7, 11) is 0. The van der Waals surface area contributed by atoms with E-state index in [9.17, 15) is 14.4 Å². The summed E-state index contributed by atoms with van der Waals surface area (Å²) in [5.74, 6) is -0.759. The average Bonchev–Trinajstić information content (AvgIpc) is 3.03. The van der Waals surface area contributed by atoms with E-state index in [-0.39, 0.29) is 17.7 Å². The van der Waals surface area contributed by atoms with E-state index in [0.717, 1.165) is 60.4 Å². The van der Waals surface area contributed by atoms with Gasteiger partial charge < -0.3 is 20.3 Å². The summed E-state index contributed by atoms with van der Waals surface area (Å²) in [6.07, 6.45) is 7.13. The summed E-state index contributed by atoms with van der Waals surface area (Å²) in [5.41, 5.74) is 1.83. The van der Waals surface area contributed by atoms with Gasteiger partial charge in [0, 0.05) is 12.2 Å². The summed E-state index contributed by atoms with van der Waals surface area (Å²) in [4.78, 5) is 43.7. The molecule has 250 valence electrons. The van der Waals surface area contributed by atoms with Crippen LogP contribution < -0.4 is 10.6 Å². The van der Waals surface area contributed by atoms with Gasteiger partial charge in [-0.3, -0.25) is 9.59 Å². The zero-order chi connectivity index (χ0) is 33.7. The molecule has 2 N–H and O–H groups in total. The molecule has 0 aliphatic carbocycles. The Morgan fingerprint density at radius 1 is 0.826 bits per heavy atom. The molecule has 3 aromatic carbocycles. The van der Waals surface area contributed by atoms with Crippen molar-refractivity contribution >= 4 is 34.4 Å². The third kappa shape index (κ3) is 10.9. The second-order valence-corrected chi connectivity index (χ2v) is 13.4. The maximum absolute atomic E-state index is 14.7. The van der Waals surface area contributed by atoms with Crippen LogP contribution in [0.4, 0.5) is 10.5 Å². The highest BCUT2D eigenvalue weighted by Gasteiger charge is 2.38. The highest BCUT2D eigenvalue weighted by molar-refractivity contribution is 6.00. The molecule has 0 fully saturated rings. The van der Waals surface area contributed by atoms with E-state index in [4.69, 9.17) is 4.74 Å². The lowest BCUT2D eigenvalue weighted by Gasteiger charge is -2.36. The molecule has 7 nitrogen and oxygen atoms in total. The summed E-state index contributed by atoms with van der Waals surface area (Å²) < 4.78 is 5.56. The van der Waals surface area contributed by atoms with E-state index in [1.807, 2.05) is 80.6 Å². The number of fused-ring (bicyclic) bond motifs is 1. The molecule has 3 rings (SSSR count). The largest absolute Gasteiger partial charge is 0.444 e. The maximum atomic E-state index is 14.7. The fourth-order valence-electron chi connectivity index (χ4n) is 5.61. The minimum absolute atomic E-state index is 0.182. The van der Waals surface area contributed by atoms with Crippen molar-refractivity contribution in [2.75, 3.05) is 11.9 Å². The first-order valence-corrected chi connectivity index (χ1v) is 17.2. The van der Waals surface area contributed by atoms with Gasteiger partial charge in [0.15, 0.2) is 0 Å². The van der Waals surface area contributed by atoms with Crippen molar-refractivity contribution in [3.63, 3.8) is 0 Å². The fraction of sp³-hybridized carbons (Fsp3) is 0.513. The Kier molecular flexibility index (Phi) is 14.1. The van der Waals surface area contributed by atoms with Gasteiger partial charge in [-0.1, -0.05) is 121 Å². The second-order valence-electron chi connectivity index (χ2n) is 13.4. The lowest BCUT2D eigenvalue weighted by molar-refractivity contribution is -0.142. The van der Waals surface area contributed by atoms with Crippen molar-refractivity contribution in [3.8, 4) is 0 Å². The van der Waals surface area contributed by atoms with Gasteiger partial charge in [0.2, 0.25) is 5.91 Å². The van der Waals surface area contributed by atoms with E-state index < -0.39 is 23.8 Å². The Labute approximate surface area is 276 Å². The predicted molar refractivity (Wildman–Crippen MR) is 189 cm³/mol. The first-order chi connectivity index (χ1) is 22.0. The molecule has 0 saturated carbocycles. The smallest absolute Gasteiger partial charge is 0.408 e. The molecule has 3 aromatic rings. The number of hydrogen-bond donors (Lipinski definition) is 2. The molecular formula is C39H55N3O4. The van der Waals surface area contributed by atoms with Crippen molar-refractivity contribution in [2.45, 2.75) is 118 Å². The Bertz CT molecular complexity index is 1410.